The Kier molecular flexibility index (Phi) is 5.38. The molecular formula is C20H15ClN6O5S2. The molecule has 1 aliphatic rings. The van der Waals surface area contributed by atoms with Crippen LogP contribution in [0.3, 0.4) is 0 Å². The fourth-order valence-electron chi connectivity index (χ4n) is 3.58. The Morgan fingerprint density at radius 2 is 2.00 bits per heavy atom. The van der Waals surface area contributed by atoms with Crippen molar-refractivity contribution in [2.75, 3.05) is 17.2 Å². The molecule has 0 bridgehead atoms. The maximum atomic E-state index is 13.0. The lowest BCUT2D eigenvalue weighted by molar-refractivity contribution is 0.256. The smallest absolute Gasteiger partial charge is 0.334 e. The molecular weight excluding hydrogens is 504 g/mol. The molecule has 1 aromatic carbocycles. The summed E-state index contributed by atoms with van der Waals surface area (Å²) in [6, 6.07) is 7.91. The van der Waals surface area contributed by atoms with Gasteiger partial charge in [-0.15, -0.1) is 11.3 Å². The van der Waals surface area contributed by atoms with Crippen LogP contribution in [0, 0.1) is 0 Å². The number of fused-ring (bicyclic) bond motifs is 2. The minimum absolute atomic E-state index is 0.0404. The molecule has 14 heteroatoms. The molecule has 2 amide bonds. The SMILES string of the molecule is O=C(Nc1ccc(-n2c(=O)[nH]c3cc4c(cc3c2=O)CCN4)nc1)NS(=O)(=O)c1ccc(Cl)s1. The molecule has 0 aliphatic carbocycles. The highest BCUT2D eigenvalue weighted by Crippen LogP contribution is 2.26. The topological polar surface area (TPSA) is 155 Å². The van der Waals surface area contributed by atoms with Gasteiger partial charge in [0.05, 0.1) is 27.1 Å². The number of nitrogens with zero attached hydrogens (tertiary/aromatic N) is 2. The number of hydrogen-bond donors (Lipinski definition) is 4. The quantitative estimate of drug-likeness (QED) is 0.323. The average Bonchev–Trinajstić information content (AvgIpc) is 3.42. The van der Waals surface area contributed by atoms with Gasteiger partial charge in [-0.1, -0.05) is 11.6 Å². The van der Waals surface area contributed by atoms with Gasteiger partial charge in [-0.05, 0) is 48.4 Å². The molecule has 0 fully saturated rings. The fourth-order valence-corrected chi connectivity index (χ4v) is 5.97. The van der Waals surface area contributed by atoms with Crippen molar-refractivity contribution in [2.24, 2.45) is 0 Å². The Balaban J connectivity index is 1.39. The number of pyridine rings is 1. The van der Waals surface area contributed by atoms with E-state index in [4.69, 9.17) is 11.6 Å². The number of H-pyrrole nitrogens is 1. The first-order valence-electron chi connectivity index (χ1n) is 9.83. The molecule has 0 saturated carbocycles. The first-order chi connectivity index (χ1) is 16.2. The maximum absolute atomic E-state index is 13.0. The first kappa shape index (κ1) is 22.1. The number of anilines is 2. The van der Waals surface area contributed by atoms with Crippen LogP contribution < -0.4 is 26.6 Å². The molecule has 1 aliphatic heterocycles. The molecule has 4 N–H and O–H groups in total. The van der Waals surface area contributed by atoms with Gasteiger partial charge < -0.3 is 15.6 Å². The molecule has 4 heterocycles. The van der Waals surface area contributed by atoms with Crippen LogP contribution in [0.2, 0.25) is 4.34 Å². The highest BCUT2D eigenvalue weighted by molar-refractivity contribution is 7.92. The lowest BCUT2D eigenvalue weighted by Gasteiger charge is -2.09. The van der Waals surface area contributed by atoms with E-state index in [2.05, 4.69) is 20.6 Å². The number of carbonyl (C=O) groups excluding carboxylic acids is 1. The van der Waals surface area contributed by atoms with Crippen LogP contribution in [0.4, 0.5) is 16.2 Å². The van der Waals surface area contributed by atoms with Gasteiger partial charge >= 0.3 is 11.7 Å². The van der Waals surface area contributed by atoms with E-state index in [0.29, 0.717) is 10.9 Å². The van der Waals surface area contributed by atoms with Crippen molar-refractivity contribution in [3.05, 3.63) is 73.3 Å². The standard InChI is InChI=1S/C20H15ClN6O5S2/c21-15-2-4-17(33-15)34(31,32)26-19(29)24-11-1-3-16(23-9-11)27-18(28)12-7-10-5-6-22-13(10)8-14(12)25-20(27)30/h1-4,7-9,22H,5-6H2,(H,25,30)(H2,24,26,29). The van der Waals surface area contributed by atoms with Crippen molar-refractivity contribution >= 4 is 61.3 Å². The van der Waals surface area contributed by atoms with Crippen molar-refractivity contribution in [1.29, 1.82) is 0 Å². The van der Waals surface area contributed by atoms with Crippen LogP contribution in [0.5, 0.6) is 0 Å². The number of hydrogen-bond acceptors (Lipinski definition) is 8. The molecule has 0 saturated heterocycles. The number of sulfonamides is 1. The van der Waals surface area contributed by atoms with E-state index in [9.17, 15) is 22.8 Å². The Morgan fingerprint density at radius 3 is 2.71 bits per heavy atom. The van der Waals surface area contributed by atoms with E-state index in [1.807, 2.05) is 4.72 Å². The van der Waals surface area contributed by atoms with Crippen LogP contribution in [-0.4, -0.2) is 35.5 Å². The van der Waals surface area contributed by atoms with E-state index in [1.54, 1.807) is 12.1 Å². The predicted octanol–water partition coefficient (Wildman–Crippen LogP) is 2.27. The summed E-state index contributed by atoms with van der Waals surface area (Å²) < 4.78 is 27.4. The number of nitrogens with one attached hydrogen (secondary N) is 4. The highest BCUT2D eigenvalue weighted by Gasteiger charge is 2.20. The minimum atomic E-state index is -4.09. The first-order valence-corrected chi connectivity index (χ1v) is 12.5. The Labute approximate surface area is 200 Å². The van der Waals surface area contributed by atoms with Gasteiger partial charge in [0, 0.05) is 12.2 Å². The van der Waals surface area contributed by atoms with Gasteiger partial charge in [-0.25, -0.2) is 32.3 Å². The summed E-state index contributed by atoms with van der Waals surface area (Å²) in [5.41, 5.74) is 1.25. The number of aromatic nitrogens is 3. The molecule has 0 unspecified atom stereocenters. The van der Waals surface area contributed by atoms with Gasteiger partial charge in [0.1, 0.15) is 10.0 Å². The van der Waals surface area contributed by atoms with Crippen molar-refractivity contribution in [2.45, 2.75) is 10.6 Å². The second-order valence-corrected chi connectivity index (χ2v) is 10.9. The minimum Gasteiger partial charge on any atom is -0.384 e. The molecule has 0 radical (unpaired) electrons. The summed E-state index contributed by atoms with van der Waals surface area (Å²) >= 11 is 6.55. The summed E-state index contributed by atoms with van der Waals surface area (Å²) in [7, 11) is -4.09. The zero-order valence-electron chi connectivity index (χ0n) is 17.1. The van der Waals surface area contributed by atoms with Crippen LogP contribution in [-0.2, 0) is 16.4 Å². The fraction of sp³-hybridized carbons (Fsp3) is 0.100. The van der Waals surface area contributed by atoms with Gasteiger partial charge in [-0.2, -0.15) is 0 Å². The van der Waals surface area contributed by atoms with E-state index in [1.165, 1.54) is 30.5 Å². The lowest BCUT2D eigenvalue weighted by Crippen LogP contribution is -2.35. The summed E-state index contributed by atoms with van der Waals surface area (Å²) in [6.07, 6.45) is 1.98. The van der Waals surface area contributed by atoms with E-state index in [-0.39, 0.29) is 20.1 Å². The zero-order chi connectivity index (χ0) is 24.0. The molecule has 0 atom stereocenters. The third-order valence-electron chi connectivity index (χ3n) is 5.11. The second kappa shape index (κ2) is 8.27. The number of carbonyl (C=O) groups is 1. The molecule has 3 aromatic heterocycles. The summed E-state index contributed by atoms with van der Waals surface area (Å²) in [6.45, 7) is 0.760. The Morgan fingerprint density at radius 1 is 1.18 bits per heavy atom. The Bertz CT molecular complexity index is 1670. The van der Waals surface area contributed by atoms with E-state index >= 15 is 0 Å². The number of thiophene rings is 1. The predicted molar refractivity (Wildman–Crippen MR) is 129 cm³/mol. The monoisotopic (exact) mass is 518 g/mol. The molecule has 174 valence electrons. The average molecular weight is 519 g/mol. The number of benzene rings is 1. The number of rotatable bonds is 4. The summed E-state index contributed by atoms with van der Waals surface area (Å²) in [5.74, 6) is 0.0404. The highest BCUT2D eigenvalue weighted by atomic mass is 35.5. The lowest BCUT2D eigenvalue weighted by atomic mass is 10.1. The Hall–Kier alpha value is -3.68. The van der Waals surface area contributed by atoms with Crippen molar-refractivity contribution in [3.8, 4) is 5.82 Å². The molecule has 4 aromatic rings. The van der Waals surface area contributed by atoms with E-state index in [0.717, 1.165) is 40.1 Å². The third kappa shape index (κ3) is 4.04. The number of aromatic amines is 1. The van der Waals surface area contributed by atoms with Gasteiger partial charge in [0.2, 0.25) is 0 Å². The zero-order valence-corrected chi connectivity index (χ0v) is 19.5. The number of urea groups is 1. The van der Waals surface area contributed by atoms with Crippen LogP contribution in [0.15, 0.2) is 56.4 Å². The van der Waals surface area contributed by atoms with Crippen molar-refractivity contribution in [3.63, 3.8) is 0 Å². The maximum Gasteiger partial charge on any atom is 0.334 e. The summed E-state index contributed by atoms with van der Waals surface area (Å²) in [4.78, 5) is 44.5. The van der Waals surface area contributed by atoms with Gasteiger partial charge in [0.25, 0.3) is 15.6 Å². The molecule has 11 nitrogen and oxygen atoms in total. The largest absolute Gasteiger partial charge is 0.384 e. The molecule has 5 rings (SSSR count). The van der Waals surface area contributed by atoms with Crippen molar-refractivity contribution < 1.29 is 13.2 Å². The molecule has 34 heavy (non-hydrogen) atoms. The summed E-state index contributed by atoms with van der Waals surface area (Å²) in [5, 5.41) is 5.89. The number of amides is 2. The van der Waals surface area contributed by atoms with Crippen LogP contribution in [0.25, 0.3) is 16.7 Å². The molecule has 0 spiro atoms. The van der Waals surface area contributed by atoms with Gasteiger partial charge in [-0.3, -0.25) is 4.79 Å². The van der Waals surface area contributed by atoms with E-state index < -0.39 is 27.3 Å². The number of halogens is 1. The van der Waals surface area contributed by atoms with Gasteiger partial charge in [0.15, 0.2) is 0 Å². The normalized spacial score (nSPS) is 12.9. The van der Waals surface area contributed by atoms with Crippen molar-refractivity contribution in [1.82, 2.24) is 19.3 Å². The van der Waals surface area contributed by atoms with Crippen LogP contribution >= 0.6 is 22.9 Å². The second-order valence-electron chi connectivity index (χ2n) is 7.33. The van der Waals surface area contributed by atoms with Crippen LogP contribution in [0.1, 0.15) is 5.56 Å². The third-order valence-corrected chi connectivity index (χ3v) is 8.16.